The van der Waals surface area contributed by atoms with Crippen LogP contribution in [0.2, 0.25) is 0 Å². The van der Waals surface area contributed by atoms with E-state index in [-0.39, 0.29) is 18.0 Å². The maximum atomic E-state index is 12.9. The Morgan fingerprint density at radius 2 is 1.82 bits per heavy atom. The molecule has 0 radical (unpaired) electrons. The topological polar surface area (TPSA) is 21.7 Å². The van der Waals surface area contributed by atoms with Crippen LogP contribution in [-0.2, 0) is 10.9 Å². The van der Waals surface area contributed by atoms with Crippen molar-refractivity contribution in [3.8, 4) is 5.75 Å². The lowest BCUT2D eigenvalue weighted by Gasteiger charge is -2.38. The highest BCUT2D eigenvalue weighted by Crippen LogP contribution is 2.35. The monoisotopic (exact) mass is 317 g/mol. The lowest BCUT2D eigenvalue weighted by Crippen LogP contribution is -2.44. The van der Waals surface area contributed by atoms with Gasteiger partial charge in [0.25, 0.3) is 0 Å². The summed E-state index contributed by atoms with van der Waals surface area (Å²) in [6.07, 6.45) is -2.55. The van der Waals surface area contributed by atoms with Gasteiger partial charge in [0, 0.05) is 26.7 Å². The van der Waals surface area contributed by atoms with E-state index in [0.717, 1.165) is 32.0 Å². The fourth-order valence-electron chi connectivity index (χ4n) is 2.57. The van der Waals surface area contributed by atoms with Crippen molar-refractivity contribution in [3.05, 3.63) is 29.8 Å². The second-order valence-electron chi connectivity index (χ2n) is 5.84. The summed E-state index contributed by atoms with van der Waals surface area (Å²) >= 11 is 0. The molecule has 1 heterocycles. The molecule has 6 heteroatoms. The fraction of sp³-hybridized carbons (Fsp3) is 0.625. The zero-order chi connectivity index (χ0) is 16.2. The molecule has 0 atom stereocenters. The standard InChI is InChI=1S/C16H22F3NO2/c1-15(21-2)7-9-20(10-8-15)11-12-22-14-6-4-3-5-13(14)16(17,18)19/h3-6H,7-12H2,1-2H3. The predicted molar refractivity (Wildman–Crippen MR) is 78.0 cm³/mol. The van der Waals surface area contributed by atoms with Gasteiger partial charge in [-0.05, 0) is 31.9 Å². The first-order valence-electron chi connectivity index (χ1n) is 7.41. The van der Waals surface area contributed by atoms with Gasteiger partial charge in [-0.15, -0.1) is 0 Å². The first-order chi connectivity index (χ1) is 10.3. The summed E-state index contributed by atoms with van der Waals surface area (Å²) in [5, 5.41) is 0. The van der Waals surface area contributed by atoms with Crippen molar-refractivity contribution < 1.29 is 22.6 Å². The van der Waals surface area contributed by atoms with Gasteiger partial charge in [-0.25, -0.2) is 0 Å². The minimum absolute atomic E-state index is 0.0831. The molecule has 0 aliphatic carbocycles. The number of halogens is 3. The van der Waals surface area contributed by atoms with Crippen LogP contribution in [0.4, 0.5) is 13.2 Å². The van der Waals surface area contributed by atoms with Crippen LogP contribution in [-0.4, -0.2) is 43.9 Å². The maximum absolute atomic E-state index is 12.9. The lowest BCUT2D eigenvalue weighted by atomic mass is 9.93. The number of para-hydroxylation sites is 1. The van der Waals surface area contributed by atoms with Crippen molar-refractivity contribution in [2.24, 2.45) is 0 Å². The van der Waals surface area contributed by atoms with E-state index in [9.17, 15) is 13.2 Å². The molecular formula is C16H22F3NO2. The summed E-state index contributed by atoms with van der Waals surface area (Å²) in [4.78, 5) is 2.19. The summed E-state index contributed by atoms with van der Waals surface area (Å²) in [5.74, 6) is -0.103. The van der Waals surface area contributed by atoms with E-state index >= 15 is 0 Å². The van der Waals surface area contributed by atoms with Crippen LogP contribution in [0.25, 0.3) is 0 Å². The van der Waals surface area contributed by atoms with Crippen LogP contribution < -0.4 is 4.74 Å². The SMILES string of the molecule is COC1(C)CCN(CCOc2ccccc2C(F)(F)F)CC1. The third-order valence-electron chi connectivity index (χ3n) is 4.26. The molecule has 1 aliphatic heterocycles. The van der Waals surface area contributed by atoms with Crippen molar-refractivity contribution >= 4 is 0 Å². The Labute approximate surface area is 129 Å². The van der Waals surface area contributed by atoms with Gasteiger partial charge in [0.15, 0.2) is 0 Å². The summed E-state index contributed by atoms with van der Waals surface area (Å²) in [6.45, 7) is 4.69. The third kappa shape index (κ3) is 4.36. The van der Waals surface area contributed by atoms with Crippen LogP contribution in [0.1, 0.15) is 25.3 Å². The molecule has 2 rings (SSSR count). The molecule has 1 aliphatic rings. The molecule has 1 aromatic carbocycles. The Morgan fingerprint density at radius 1 is 1.18 bits per heavy atom. The highest BCUT2D eigenvalue weighted by molar-refractivity contribution is 5.35. The molecule has 0 N–H and O–H groups in total. The van der Waals surface area contributed by atoms with E-state index in [2.05, 4.69) is 11.8 Å². The van der Waals surface area contributed by atoms with Crippen LogP contribution in [0, 0.1) is 0 Å². The van der Waals surface area contributed by atoms with Crippen LogP contribution in [0.3, 0.4) is 0 Å². The smallest absolute Gasteiger partial charge is 0.419 e. The normalized spacial score (nSPS) is 19.1. The Bertz CT molecular complexity index is 483. The van der Waals surface area contributed by atoms with Gasteiger partial charge in [0.05, 0.1) is 11.2 Å². The number of hydrogen-bond acceptors (Lipinski definition) is 3. The number of benzene rings is 1. The number of alkyl halides is 3. The number of methoxy groups -OCH3 is 1. The van der Waals surface area contributed by atoms with Crippen LogP contribution in [0.15, 0.2) is 24.3 Å². The maximum Gasteiger partial charge on any atom is 0.419 e. The zero-order valence-electron chi connectivity index (χ0n) is 12.9. The molecule has 0 spiro atoms. The molecule has 0 amide bonds. The molecule has 0 bridgehead atoms. The first kappa shape index (κ1) is 17.1. The Balaban J connectivity index is 1.83. The van der Waals surface area contributed by atoms with E-state index in [0.29, 0.717) is 6.54 Å². The fourth-order valence-corrected chi connectivity index (χ4v) is 2.57. The second kappa shape index (κ2) is 6.87. The molecule has 1 aromatic rings. The minimum atomic E-state index is -4.39. The molecule has 3 nitrogen and oxygen atoms in total. The number of piperidine rings is 1. The third-order valence-corrected chi connectivity index (χ3v) is 4.26. The van der Waals surface area contributed by atoms with Crippen LogP contribution >= 0.6 is 0 Å². The van der Waals surface area contributed by atoms with E-state index in [1.165, 1.54) is 12.1 Å². The van der Waals surface area contributed by atoms with Crippen molar-refractivity contribution in [2.75, 3.05) is 33.4 Å². The van der Waals surface area contributed by atoms with Crippen molar-refractivity contribution in [3.63, 3.8) is 0 Å². The number of likely N-dealkylation sites (tertiary alicyclic amines) is 1. The number of ether oxygens (including phenoxy) is 2. The average molecular weight is 317 g/mol. The largest absolute Gasteiger partial charge is 0.492 e. The molecule has 124 valence electrons. The van der Waals surface area contributed by atoms with Gasteiger partial charge in [-0.2, -0.15) is 13.2 Å². The lowest BCUT2D eigenvalue weighted by molar-refractivity contribution is -0.139. The first-order valence-corrected chi connectivity index (χ1v) is 7.41. The van der Waals surface area contributed by atoms with Crippen LogP contribution in [0.5, 0.6) is 5.75 Å². The number of nitrogens with zero attached hydrogens (tertiary/aromatic N) is 1. The van der Waals surface area contributed by atoms with Gasteiger partial charge in [0.2, 0.25) is 0 Å². The Morgan fingerprint density at radius 3 is 2.41 bits per heavy atom. The van der Waals surface area contributed by atoms with Crippen molar-refractivity contribution in [2.45, 2.75) is 31.5 Å². The van der Waals surface area contributed by atoms with Gasteiger partial charge < -0.3 is 9.47 Å². The molecule has 0 aromatic heterocycles. The summed E-state index contributed by atoms with van der Waals surface area (Å²) in [6, 6.07) is 5.32. The van der Waals surface area contributed by atoms with Crippen molar-refractivity contribution in [1.82, 2.24) is 4.90 Å². The molecule has 1 fully saturated rings. The molecule has 0 saturated carbocycles. The van der Waals surface area contributed by atoms with Gasteiger partial charge in [0.1, 0.15) is 12.4 Å². The van der Waals surface area contributed by atoms with Gasteiger partial charge in [-0.1, -0.05) is 12.1 Å². The van der Waals surface area contributed by atoms with E-state index < -0.39 is 11.7 Å². The van der Waals surface area contributed by atoms with Gasteiger partial charge in [-0.3, -0.25) is 4.90 Å². The van der Waals surface area contributed by atoms with Crippen molar-refractivity contribution in [1.29, 1.82) is 0 Å². The molecule has 22 heavy (non-hydrogen) atoms. The summed E-state index contributed by atoms with van der Waals surface area (Å²) in [7, 11) is 1.72. The van der Waals surface area contributed by atoms with E-state index in [4.69, 9.17) is 9.47 Å². The van der Waals surface area contributed by atoms with E-state index in [1.54, 1.807) is 13.2 Å². The quantitative estimate of drug-likeness (QED) is 0.828. The van der Waals surface area contributed by atoms with Gasteiger partial charge >= 0.3 is 6.18 Å². The molecule has 0 unspecified atom stereocenters. The van der Waals surface area contributed by atoms with E-state index in [1.807, 2.05) is 0 Å². The Hall–Kier alpha value is -1.27. The average Bonchev–Trinajstić information content (AvgIpc) is 2.49. The second-order valence-corrected chi connectivity index (χ2v) is 5.84. The predicted octanol–water partition coefficient (Wildman–Crippen LogP) is 3.59. The number of rotatable bonds is 5. The minimum Gasteiger partial charge on any atom is -0.492 e. The molecular weight excluding hydrogens is 295 g/mol. The Kier molecular flexibility index (Phi) is 5.34. The summed E-state index contributed by atoms with van der Waals surface area (Å²) in [5.41, 5.74) is -0.805. The zero-order valence-corrected chi connectivity index (χ0v) is 12.9. The number of hydrogen-bond donors (Lipinski definition) is 0. The highest BCUT2D eigenvalue weighted by Gasteiger charge is 2.34. The highest BCUT2D eigenvalue weighted by atomic mass is 19.4. The molecule has 1 saturated heterocycles. The summed E-state index contributed by atoms with van der Waals surface area (Å²) < 4.78 is 49.4.